The fourth-order valence-corrected chi connectivity index (χ4v) is 3.50. The zero-order valence-electron chi connectivity index (χ0n) is 13.5. The molecule has 4 N–H and O–H groups in total. The molecule has 136 valence electrons. The van der Waals surface area contributed by atoms with E-state index in [9.17, 15) is 15.4 Å². The second-order valence-corrected chi connectivity index (χ2v) is 6.98. The third-order valence-electron chi connectivity index (χ3n) is 4.50. The molecule has 0 spiro atoms. The van der Waals surface area contributed by atoms with Crippen molar-refractivity contribution in [2.75, 3.05) is 6.54 Å². The Morgan fingerprint density at radius 2 is 2.12 bits per heavy atom. The van der Waals surface area contributed by atoms with Crippen molar-refractivity contribution in [1.29, 1.82) is 0 Å². The molecule has 2 heterocycles. The number of piperidine rings is 1. The molecule has 2 aromatic rings. The molecule has 0 amide bonds. The van der Waals surface area contributed by atoms with E-state index < -0.39 is 6.10 Å². The lowest BCUT2D eigenvalue weighted by molar-refractivity contribution is 0.0986. The van der Waals surface area contributed by atoms with Gasteiger partial charge in [0.2, 0.25) is 0 Å². The van der Waals surface area contributed by atoms with Crippen molar-refractivity contribution in [2.24, 2.45) is 5.16 Å². The number of halogens is 2. The molecule has 0 unspecified atom stereocenters. The van der Waals surface area contributed by atoms with E-state index in [4.69, 9.17) is 23.2 Å². The maximum atomic E-state index is 10.1. The first-order valence-corrected chi connectivity index (χ1v) is 8.85. The average molecular weight is 387 g/mol. The SMILES string of the molecule is OCc1nc2cc(Cl)c(Cl)cc2n1C/C(C[C@H]1NCCC[C@@H]1O)=N/O. The molecule has 1 saturated heterocycles. The lowest BCUT2D eigenvalue weighted by atomic mass is 9.96. The van der Waals surface area contributed by atoms with E-state index in [1.54, 1.807) is 16.7 Å². The number of benzene rings is 1. The minimum Gasteiger partial charge on any atom is -0.411 e. The number of aromatic nitrogens is 2. The van der Waals surface area contributed by atoms with Crippen LogP contribution in [0.4, 0.5) is 0 Å². The Labute approximate surface area is 154 Å². The Balaban J connectivity index is 1.88. The fraction of sp³-hybridized carbons (Fsp3) is 0.500. The zero-order valence-corrected chi connectivity index (χ0v) is 15.0. The summed E-state index contributed by atoms with van der Waals surface area (Å²) in [6, 6.07) is 3.15. The molecule has 1 aromatic carbocycles. The molecule has 1 fully saturated rings. The zero-order chi connectivity index (χ0) is 18.0. The Hall–Kier alpha value is -1.38. The first-order chi connectivity index (χ1) is 12.0. The second-order valence-electron chi connectivity index (χ2n) is 6.17. The van der Waals surface area contributed by atoms with Crippen LogP contribution in [0.25, 0.3) is 11.0 Å². The van der Waals surface area contributed by atoms with Crippen molar-refractivity contribution in [3.05, 3.63) is 28.0 Å². The second kappa shape index (κ2) is 7.88. The lowest BCUT2D eigenvalue weighted by Crippen LogP contribution is -2.46. The van der Waals surface area contributed by atoms with Gasteiger partial charge in [-0.1, -0.05) is 28.4 Å². The normalized spacial score (nSPS) is 21.8. The van der Waals surface area contributed by atoms with E-state index in [1.165, 1.54) is 0 Å². The Morgan fingerprint density at radius 1 is 1.36 bits per heavy atom. The van der Waals surface area contributed by atoms with Crippen LogP contribution in [-0.2, 0) is 13.2 Å². The molecule has 0 aliphatic carbocycles. The molecule has 1 aromatic heterocycles. The van der Waals surface area contributed by atoms with Gasteiger partial charge in [-0.25, -0.2) is 4.98 Å². The maximum absolute atomic E-state index is 10.1. The van der Waals surface area contributed by atoms with Gasteiger partial charge in [0, 0.05) is 12.5 Å². The summed E-state index contributed by atoms with van der Waals surface area (Å²) in [5.41, 5.74) is 1.77. The highest BCUT2D eigenvalue weighted by molar-refractivity contribution is 6.42. The Kier molecular flexibility index (Phi) is 5.81. The van der Waals surface area contributed by atoms with E-state index in [2.05, 4.69) is 15.5 Å². The first-order valence-electron chi connectivity index (χ1n) is 8.09. The number of hydrogen-bond acceptors (Lipinski definition) is 6. The summed E-state index contributed by atoms with van der Waals surface area (Å²) < 4.78 is 1.74. The van der Waals surface area contributed by atoms with E-state index in [-0.39, 0.29) is 19.2 Å². The van der Waals surface area contributed by atoms with Crippen LogP contribution in [0.15, 0.2) is 17.3 Å². The number of nitrogens with one attached hydrogen (secondary N) is 1. The van der Waals surface area contributed by atoms with E-state index in [0.717, 1.165) is 19.4 Å². The van der Waals surface area contributed by atoms with Crippen molar-refractivity contribution >= 4 is 39.9 Å². The summed E-state index contributed by atoms with van der Waals surface area (Å²) in [6.45, 7) is 0.781. The third kappa shape index (κ3) is 3.91. The van der Waals surface area contributed by atoms with Gasteiger partial charge in [0.05, 0.1) is 39.4 Å². The van der Waals surface area contributed by atoms with Crippen LogP contribution >= 0.6 is 23.2 Å². The smallest absolute Gasteiger partial charge is 0.136 e. The van der Waals surface area contributed by atoms with Crippen LogP contribution in [0.5, 0.6) is 0 Å². The molecule has 3 rings (SSSR count). The molecule has 2 atom stereocenters. The largest absolute Gasteiger partial charge is 0.411 e. The molecule has 7 nitrogen and oxygen atoms in total. The van der Waals surface area contributed by atoms with Gasteiger partial charge in [-0.05, 0) is 31.5 Å². The van der Waals surface area contributed by atoms with Gasteiger partial charge in [0.25, 0.3) is 0 Å². The summed E-state index contributed by atoms with van der Waals surface area (Å²) >= 11 is 12.1. The quantitative estimate of drug-likeness (QED) is 0.358. The van der Waals surface area contributed by atoms with Gasteiger partial charge < -0.3 is 25.3 Å². The predicted octanol–water partition coefficient (Wildman–Crippen LogP) is 2.17. The number of oxime groups is 1. The Bertz CT molecular complexity index is 793. The summed E-state index contributed by atoms with van der Waals surface area (Å²) in [5, 5.41) is 36.5. The van der Waals surface area contributed by atoms with Crippen LogP contribution in [0.1, 0.15) is 25.1 Å². The monoisotopic (exact) mass is 386 g/mol. The fourth-order valence-electron chi connectivity index (χ4n) is 3.18. The Morgan fingerprint density at radius 3 is 2.80 bits per heavy atom. The highest BCUT2D eigenvalue weighted by Crippen LogP contribution is 2.28. The van der Waals surface area contributed by atoms with Crippen LogP contribution in [0.3, 0.4) is 0 Å². The van der Waals surface area contributed by atoms with Crippen molar-refractivity contribution in [3.63, 3.8) is 0 Å². The highest BCUT2D eigenvalue weighted by atomic mass is 35.5. The number of rotatable bonds is 5. The molecule has 1 aliphatic heterocycles. The maximum Gasteiger partial charge on any atom is 0.136 e. The highest BCUT2D eigenvalue weighted by Gasteiger charge is 2.25. The molecule has 1 aliphatic rings. The molecule has 0 bridgehead atoms. The minimum atomic E-state index is -0.476. The van der Waals surface area contributed by atoms with Crippen LogP contribution in [-0.4, -0.2) is 49.4 Å². The summed E-state index contributed by atoms with van der Waals surface area (Å²) in [7, 11) is 0. The molecule has 0 radical (unpaired) electrons. The average Bonchev–Trinajstić information content (AvgIpc) is 2.93. The van der Waals surface area contributed by atoms with Crippen molar-refractivity contribution in [1.82, 2.24) is 14.9 Å². The number of nitrogens with zero attached hydrogens (tertiary/aromatic N) is 3. The number of hydrogen-bond donors (Lipinski definition) is 4. The minimum absolute atomic E-state index is 0.162. The molecule has 0 saturated carbocycles. The van der Waals surface area contributed by atoms with Crippen molar-refractivity contribution in [3.8, 4) is 0 Å². The number of imidazole rings is 1. The number of aliphatic hydroxyl groups excluding tert-OH is 2. The molecule has 9 heteroatoms. The molecular weight excluding hydrogens is 367 g/mol. The molecular formula is C16H20Cl2N4O3. The molecule has 25 heavy (non-hydrogen) atoms. The summed E-state index contributed by atoms with van der Waals surface area (Å²) in [6.07, 6.45) is 1.56. The van der Waals surface area contributed by atoms with Gasteiger partial charge in [-0.2, -0.15) is 0 Å². The van der Waals surface area contributed by atoms with Crippen LogP contribution in [0, 0.1) is 0 Å². The lowest BCUT2D eigenvalue weighted by Gasteiger charge is -2.29. The van der Waals surface area contributed by atoms with Crippen molar-refractivity contribution < 1.29 is 15.4 Å². The van der Waals surface area contributed by atoms with Gasteiger partial charge in [-0.15, -0.1) is 0 Å². The van der Waals surface area contributed by atoms with Crippen LogP contribution < -0.4 is 5.32 Å². The summed E-state index contributed by atoms with van der Waals surface area (Å²) in [4.78, 5) is 4.35. The number of aliphatic hydroxyl groups is 2. The van der Waals surface area contributed by atoms with Gasteiger partial charge >= 0.3 is 0 Å². The van der Waals surface area contributed by atoms with E-state index in [0.29, 0.717) is 39.0 Å². The third-order valence-corrected chi connectivity index (χ3v) is 5.22. The van der Waals surface area contributed by atoms with Crippen LogP contribution in [0.2, 0.25) is 10.0 Å². The van der Waals surface area contributed by atoms with E-state index in [1.807, 2.05) is 0 Å². The van der Waals surface area contributed by atoms with Gasteiger partial charge in [-0.3, -0.25) is 0 Å². The van der Waals surface area contributed by atoms with Gasteiger partial charge in [0.1, 0.15) is 12.4 Å². The standard InChI is InChI=1S/C16H20Cl2N4O3/c17-10-5-12-14(6-11(10)18)22(16(8-23)20-12)7-9(21-25)4-13-15(24)2-1-3-19-13/h5-6,13,15,19,23-25H,1-4,7-8H2/b21-9+/t13-,15+/m1/s1. The first kappa shape index (κ1) is 18.4. The van der Waals surface area contributed by atoms with Gasteiger partial charge in [0.15, 0.2) is 0 Å². The topological polar surface area (TPSA) is 103 Å². The predicted molar refractivity (Wildman–Crippen MR) is 96.5 cm³/mol. The van der Waals surface area contributed by atoms with E-state index >= 15 is 0 Å². The van der Waals surface area contributed by atoms with Crippen molar-refractivity contribution in [2.45, 2.75) is 44.6 Å². The number of fused-ring (bicyclic) bond motifs is 1. The summed E-state index contributed by atoms with van der Waals surface area (Å²) in [5.74, 6) is 0.423.